The molecular weight excluding hydrogens is 560 g/mol. The first-order valence-corrected chi connectivity index (χ1v) is 14.8. The van der Waals surface area contributed by atoms with E-state index in [1.165, 1.54) is 4.90 Å². The highest BCUT2D eigenvalue weighted by Crippen LogP contribution is 2.40. The smallest absolute Gasteiger partial charge is 0.476 e. The van der Waals surface area contributed by atoms with Crippen LogP contribution in [0.1, 0.15) is 76.7 Å². The number of benzene rings is 1. The van der Waals surface area contributed by atoms with Crippen molar-refractivity contribution in [1.82, 2.24) is 15.1 Å². The van der Waals surface area contributed by atoms with Crippen molar-refractivity contribution in [2.24, 2.45) is 0 Å². The summed E-state index contributed by atoms with van der Waals surface area (Å²) in [5.41, 5.74) is 0.435. The third-order valence-electron chi connectivity index (χ3n) is 7.39. The molecule has 1 aromatic rings. The molecule has 0 saturated carbocycles. The van der Waals surface area contributed by atoms with E-state index in [1.54, 1.807) is 49.6 Å². The molecule has 1 N–H and O–H groups in total. The van der Waals surface area contributed by atoms with Crippen molar-refractivity contribution in [2.45, 2.75) is 85.4 Å². The van der Waals surface area contributed by atoms with E-state index >= 15 is 0 Å². The van der Waals surface area contributed by atoms with Crippen molar-refractivity contribution < 1.29 is 42.9 Å². The van der Waals surface area contributed by atoms with Crippen LogP contribution in [0, 0.1) is 6.92 Å². The first-order valence-electron chi connectivity index (χ1n) is 14.8. The van der Waals surface area contributed by atoms with Crippen LogP contribution in [0.4, 0.5) is 15.3 Å². The largest absolute Gasteiger partial charge is 0.511 e. The number of carbonyl (C=O) groups is 5. The van der Waals surface area contributed by atoms with Crippen molar-refractivity contribution in [1.29, 1.82) is 0 Å². The van der Waals surface area contributed by atoms with Crippen LogP contribution in [0.15, 0.2) is 12.1 Å². The molecule has 13 heteroatoms. The molecule has 1 atom stereocenters. The summed E-state index contributed by atoms with van der Waals surface area (Å²) in [5, 5.41) is 2.80. The number of fused-ring (bicyclic) bond motifs is 1. The molecule has 43 heavy (non-hydrogen) atoms. The maximum absolute atomic E-state index is 14.2. The minimum absolute atomic E-state index is 0.121. The molecular formula is C30H44N4O9. The van der Waals surface area contributed by atoms with E-state index in [0.717, 1.165) is 0 Å². The second kappa shape index (κ2) is 14.4. The number of piperidine rings is 1. The van der Waals surface area contributed by atoms with E-state index in [1.807, 2.05) is 20.8 Å². The Morgan fingerprint density at radius 2 is 1.86 bits per heavy atom. The number of nitrogens with one attached hydrogen (secondary N) is 1. The average molecular weight is 605 g/mol. The minimum atomic E-state index is -1.12. The van der Waals surface area contributed by atoms with E-state index < -0.39 is 24.6 Å². The molecule has 0 radical (unpaired) electrons. The Balaban J connectivity index is 1.82. The third-order valence-corrected chi connectivity index (χ3v) is 7.39. The van der Waals surface area contributed by atoms with E-state index in [2.05, 4.69) is 10.1 Å². The normalized spacial score (nSPS) is 17.5. The van der Waals surface area contributed by atoms with Gasteiger partial charge in [-0.15, -0.1) is 0 Å². The zero-order valence-corrected chi connectivity index (χ0v) is 26.2. The summed E-state index contributed by atoms with van der Waals surface area (Å²) in [6, 6.07) is 2.94. The fourth-order valence-corrected chi connectivity index (χ4v) is 5.29. The van der Waals surface area contributed by atoms with Crippen LogP contribution in [-0.2, 0) is 23.8 Å². The molecule has 0 unspecified atom stereocenters. The molecule has 2 aliphatic heterocycles. The van der Waals surface area contributed by atoms with Crippen LogP contribution in [-0.4, -0.2) is 97.0 Å². The Morgan fingerprint density at radius 1 is 1.14 bits per heavy atom. The highest BCUT2D eigenvalue weighted by molar-refractivity contribution is 6.05. The number of likely N-dealkylation sites (tertiary alicyclic amines) is 1. The third kappa shape index (κ3) is 8.08. The summed E-state index contributed by atoms with van der Waals surface area (Å²) in [5.74, 6) is -0.155. The SMILES string of the molecule is CCOC(=O)OCOC(=O)N1CCC[C@@H](N(C(=O)c2cc3c(cc2C)OC(C)(C)C(=O)N3CCNC(=O)CC)C(C)C)C1. The number of rotatable bonds is 10. The lowest BCUT2D eigenvalue weighted by molar-refractivity contribution is -0.132. The highest BCUT2D eigenvalue weighted by Gasteiger charge is 2.42. The number of amides is 4. The van der Waals surface area contributed by atoms with Crippen molar-refractivity contribution in [3.63, 3.8) is 0 Å². The lowest BCUT2D eigenvalue weighted by atomic mass is 9.97. The average Bonchev–Trinajstić information content (AvgIpc) is 2.94. The predicted molar refractivity (Wildman–Crippen MR) is 157 cm³/mol. The summed E-state index contributed by atoms with van der Waals surface area (Å²) >= 11 is 0. The topological polar surface area (TPSA) is 144 Å². The van der Waals surface area contributed by atoms with Gasteiger partial charge in [0.25, 0.3) is 11.8 Å². The van der Waals surface area contributed by atoms with Gasteiger partial charge in [-0.05, 0) is 72.1 Å². The first kappa shape index (κ1) is 33.5. The number of nitrogens with zero attached hydrogens (tertiary/aromatic N) is 3. The maximum Gasteiger partial charge on any atom is 0.511 e. The number of hydrogen-bond acceptors (Lipinski definition) is 9. The van der Waals surface area contributed by atoms with Crippen LogP contribution in [0.25, 0.3) is 0 Å². The second-order valence-corrected chi connectivity index (χ2v) is 11.3. The molecule has 0 aliphatic carbocycles. The summed E-state index contributed by atoms with van der Waals surface area (Å²) in [6.07, 6.45) is 0.0748. The lowest BCUT2D eigenvalue weighted by Crippen LogP contribution is -2.55. The summed E-state index contributed by atoms with van der Waals surface area (Å²) < 4.78 is 20.5. The molecule has 3 rings (SSSR count). The van der Waals surface area contributed by atoms with Gasteiger partial charge in [0.15, 0.2) is 5.60 Å². The van der Waals surface area contributed by atoms with Gasteiger partial charge in [0, 0.05) is 44.2 Å². The van der Waals surface area contributed by atoms with Crippen LogP contribution < -0.4 is 15.0 Å². The quantitative estimate of drug-likeness (QED) is 0.313. The zero-order chi connectivity index (χ0) is 31.9. The maximum atomic E-state index is 14.2. The molecule has 238 valence electrons. The van der Waals surface area contributed by atoms with Gasteiger partial charge < -0.3 is 39.0 Å². The first-order chi connectivity index (χ1) is 20.3. The van der Waals surface area contributed by atoms with Gasteiger partial charge in [-0.25, -0.2) is 9.59 Å². The number of hydrogen-bond donors (Lipinski definition) is 1. The molecule has 2 heterocycles. The Labute approximate surface area is 252 Å². The van der Waals surface area contributed by atoms with E-state index in [0.29, 0.717) is 48.4 Å². The van der Waals surface area contributed by atoms with Gasteiger partial charge in [-0.3, -0.25) is 14.4 Å². The number of aryl methyl sites for hydroxylation is 1. The lowest BCUT2D eigenvalue weighted by Gasteiger charge is -2.42. The molecule has 0 spiro atoms. The molecule has 1 aromatic carbocycles. The molecule has 2 aliphatic rings. The summed E-state index contributed by atoms with van der Waals surface area (Å²) in [7, 11) is 0. The number of anilines is 1. The zero-order valence-electron chi connectivity index (χ0n) is 26.2. The Bertz CT molecular complexity index is 1220. The second-order valence-electron chi connectivity index (χ2n) is 11.3. The molecule has 1 fully saturated rings. The summed E-state index contributed by atoms with van der Waals surface area (Å²) in [4.78, 5) is 68.2. The van der Waals surface area contributed by atoms with Crippen molar-refractivity contribution in [3.8, 4) is 5.75 Å². The van der Waals surface area contributed by atoms with Crippen LogP contribution in [0.2, 0.25) is 0 Å². The van der Waals surface area contributed by atoms with Gasteiger partial charge in [0.1, 0.15) is 5.75 Å². The molecule has 13 nitrogen and oxygen atoms in total. The van der Waals surface area contributed by atoms with Crippen molar-refractivity contribution in [2.75, 3.05) is 44.5 Å². The Morgan fingerprint density at radius 3 is 2.51 bits per heavy atom. The minimum Gasteiger partial charge on any atom is -0.476 e. The van der Waals surface area contributed by atoms with E-state index in [9.17, 15) is 24.0 Å². The summed E-state index contributed by atoms with van der Waals surface area (Å²) in [6.45, 7) is 13.1. The van der Waals surface area contributed by atoms with Crippen molar-refractivity contribution >= 4 is 35.7 Å². The van der Waals surface area contributed by atoms with Crippen LogP contribution in [0.5, 0.6) is 5.75 Å². The molecule has 1 saturated heterocycles. The van der Waals surface area contributed by atoms with Gasteiger partial charge in [-0.1, -0.05) is 6.92 Å². The van der Waals surface area contributed by atoms with Gasteiger partial charge in [0.05, 0.1) is 18.3 Å². The highest BCUT2D eigenvalue weighted by atomic mass is 16.8. The van der Waals surface area contributed by atoms with Crippen molar-refractivity contribution in [3.05, 3.63) is 23.3 Å². The fraction of sp³-hybridized carbons (Fsp3) is 0.633. The molecule has 4 amide bonds. The van der Waals surface area contributed by atoms with Crippen LogP contribution >= 0.6 is 0 Å². The Kier molecular flexibility index (Phi) is 11.2. The van der Waals surface area contributed by atoms with E-state index in [-0.39, 0.29) is 56.0 Å². The number of ether oxygens (including phenoxy) is 4. The van der Waals surface area contributed by atoms with Gasteiger partial charge in [0.2, 0.25) is 12.7 Å². The van der Waals surface area contributed by atoms with Crippen LogP contribution in [0.3, 0.4) is 0 Å². The van der Waals surface area contributed by atoms with Gasteiger partial charge >= 0.3 is 12.2 Å². The van der Waals surface area contributed by atoms with E-state index in [4.69, 9.17) is 14.2 Å². The molecule has 0 aromatic heterocycles. The standard InChI is InChI=1S/C30H44N4O9/c1-8-25(35)31-12-14-33-23-16-22(20(5)15-24(23)43-30(6,7)27(33)37)26(36)34(19(3)4)21-11-10-13-32(17-21)28(38)41-18-42-29(39)40-9-2/h15-16,19,21H,8-14,17-18H2,1-7H3,(H,31,35)/t21-/m1/s1. The molecule has 0 bridgehead atoms. The Hall–Kier alpha value is -4.03. The number of carbonyl (C=O) groups excluding carboxylic acids is 5. The van der Waals surface area contributed by atoms with Gasteiger partial charge in [-0.2, -0.15) is 0 Å². The monoisotopic (exact) mass is 604 g/mol. The predicted octanol–water partition coefficient (Wildman–Crippen LogP) is 3.61. The fourth-order valence-electron chi connectivity index (χ4n) is 5.29.